The minimum Gasteiger partial charge on any atom is -0.320 e. The van der Waals surface area contributed by atoms with Crippen LogP contribution in [0.15, 0.2) is 75.8 Å². The molecule has 0 aliphatic heterocycles. The molecule has 0 spiro atoms. The fourth-order valence-electron chi connectivity index (χ4n) is 3.11. The van der Waals surface area contributed by atoms with E-state index < -0.39 is 28.8 Å². The Morgan fingerprint density at radius 1 is 1.09 bits per heavy atom. The van der Waals surface area contributed by atoms with Crippen molar-refractivity contribution in [2.75, 3.05) is 5.32 Å². The number of halogens is 3. The average Bonchev–Trinajstić information content (AvgIpc) is 3.19. The van der Waals surface area contributed by atoms with Crippen LogP contribution in [-0.2, 0) is 13.2 Å². The van der Waals surface area contributed by atoms with E-state index in [9.17, 15) is 22.8 Å². The van der Waals surface area contributed by atoms with E-state index in [1.54, 1.807) is 35.2 Å². The topological polar surface area (TPSA) is 94.7 Å². The van der Waals surface area contributed by atoms with Gasteiger partial charge in [-0.3, -0.25) is 9.59 Å². The molecule has 2 heterocycles. The molecule has 0 aliphatic rings. The first kappa shape index (κ1) is 23.2. The molecule has 34 heavy (non-hydrogen) atoms. The van der Waals surface area contributed by atoms with E-state index >= 15 is 0 Å². The Balaban J connectivity index is 1.60. The van der Waals surface area contributed by atoms with Gasteiger partial charge in [-0.05, 0) is 55.1 Å². The van der Waals surface area contributed by atoms with E-state index in [0.29, 0.717) is 10.8 Å². The summed E-state index contributed by atoms with van der Waals surface area (Å²) in [6.07, 6.45) is -3.06. The molecular weight excluding hydrogens is 469 g/mol. The molecule has 1 amide bonds. The number of nitrogens with one attached hydrogen (secondary N) is 1. The summed E-state index contributed by atoms with van der Waals surface area (Å²) >= 11 is 1.37. The number of aromatic nitrogens is 5. The standard InChI is InChI=1S/C22H17F3N6O2S/c1-13-11-18(32)19(29-31(13)17-6-4-3-5-16(17)22(23,24)25)20(33)27-14-7-9-15(10-8-14)34-21-28-26-12-30(21)2/h3-12H,1-2H3,(H,27,33). The lowest BCUT2D eigenvalue weighted by atomic mass is 10.1. The predicted octanol–water partition coefficient (Wildman–Crippen LogP) is 4.09. The molecule has 0 unspecified atom stereocenters. The van der Waals surface area contributed by atoms with Gasteiger partial charge in [0.1, 0.15) is 6.33 Å². The molecule has 1 N–H and O–H groups in total. The minimum atomic E-state index is -4.64. The molecule has 174 valence electrons. The second kappa shape index (κ2) is 9.14. The quantitative estimate of drug-likeness (QED) is 0.457. The van der Waals surface area contributed by atoms with E-state index in [-0.39, 0.29) is 11.4 Å². The maximum absolute atomic E-state index is 13.5. The number of rotatable bonds is 5. The summed E-state index contributed by atoms with van der Waals surface area (Å²) in [4.78, 5) is 26.0. The Bertz CT molecular complexity index is 1410. The van der Waals surface area contributed by atoms with Crippen molar-refractivity contribution in [2.24, 2.45) is 7.05 Å². The van der Waals surface area contributed by atoms with Crippen LogP contribution in [0.25, 0.3) is 5.69 Å². The van der Waals surface area contributed by atoms with Crippen LogP contribution in [0.3, 0.4) is 0 Å². The predicted molar refractivity (Wildman–Crippen MR) is 119 cm³/mol. The summed E-state index contributed by atoms with van der Waals surface area (Å²) in [5.41, 5.74) is -1.91. The number of amides is 1. The van der Waals surface area contributed by atoms with Gasteiger partial charge in [-0.15, -0.1) is 10.2 Å². The number of hydrogen-bond acceptors (Lipinski definition) is 6. The summed E-state index contributed by atoms with van der Waals surface area (Å²) < 4.78 is 43.1. The number of carbonyl (C=O) groups excluding carboxylic acids is 1. The van der Waals surface area contributed by atoms with Crippen LogP contribution >= 0.6 is 11.8 Å². The lowest BCUT2D eigenvalue weighted by molar-refractivity contribution is -0.137. The molecule has 4 rings (SSSR count). The molecular formula is C22H17F3N6O2S. The molecule has 0 atom stereocenters. The molecule has 8 nitrogen and oxygen atoms in total. The van der Waals surface area contributed by atoms with Gasteiger partial charge in [-0.2, -0.15) is 18.3 Å². The molecule has 0 bridgehead atoms. The first-order valence-electron chi connectivity index (χ1n) is 9.84. The van der Waals surface area contributed by atoms with E-state index in [2.05, 4.69) is 20.6 Å². The van der Waals surface area contributed by atoms with Gasteiger partial charge in [0.15, 0.2) is 10.9 Å². The molecule has 0 saturated heterocycles. The van der Waals surface area contributed by atoms with Crippen molar-refractivity contribution < 1.29 is 18.0 Å². The van der Waals surface area contributed by atoms with Crippen molar-refractivity contribution in [2.45, 2.75) is 23.2 Å². The van der Waals surface area contributed by atoms with Crippen molar-refractivity contribution in [3.63, 3.8) is 0 Å². The zero-order valence-electron chi connectivity index (χ0n) is 17.9. The molecule has 0 radical (unpaired) electrons. The molecule has 12 heteroatoms. The average molecular weight is 486 g/mol. The highest BCUT2D eigenvalue weighted by Crippen LogP contribution is 2.33. The Hall–Kier alpha value is -3.93. The van der Waals surface area contributed by atoms with Crippen LogP contribution in [0.4, 0.5) is 18.9 Å². The van der Waals surface area contributed by atoms with Crippen molar-refractivity contribution >= 4 is 23.4 Å². The van der Waals surface area contributed by atoms with Crippen LogP contribution in [0, 0.1) is 6.92 Å². The lowest BCUT2D eigenvalue weighted by Gasteiger charge is -2.16. The second-order valence-electron chi connectivity index (χ2n) is 7.23. The fraction of sp³-hybridized carbons (Fsp3) is 0.136. The van der Waals surface area contributed by atoms with Crippen LogP contribution in [-0.4, -0.2) is 30.5 Å². The normalized spacial score (nSPS) is 11.4. The van der Waals surface area contributed by atoms with Gasteiger partial charge < -0.3 is 9.88 Å². The van der Waals surface area contributed by atoms with E-state index in [0.717, 1.165) is 21.7 Å². The highest BCUT2D eigenvalue weighted by Gasteiger charge is 2.34. The Kier molecular flexibility index (Phi) is 6.24. The molecule has 4 aromatic rings. The Labute approximate surface area is 195 Å². The first-order valence-corrected chi connectivity index (χ1v) is 10.7. The smallest absolute Gasteiger partial charge is 0.320 e. The summed E-state index contributed by atoms with van der Waals surface area (Å²) in [6.45, 7) is 1.44. The zero-order valence-corrected chi connectivity index (χ0v) is 18.7. The number of benzene rings is 2. The maximum atomic E-state index is 13.5. The number of para-hydroxylation sites is 1. The van der Waals surface area contributed by atoms with Crippen molar-refractivity contribution in [1.29, 1.82) is 0 Å². The molecule has 0 aliphatic carbocycles. The largest absolute Gasteiger partial charge is 0.418 e. The summed E-state index contributed by atoms with van der Waals surface area (Å²) in [5.74, 6) is -0.836. The monoisotopic (exact) mass is 486 g/mol. The van der Waals surface area contributed by atoms with E-state index in [4.69, 9.17) is 0 Å². The van der Waals surface area contributed by atoms with Gasteiger partial charge in [0, 0.05) is 29.4 Å². The van der Waals surface area contributed by atoms with E-state index in [1.807, 2.05) is 7.05 Å². The lowest BCUT2D eigenvalue weighted by Crippen LogP contribution is -2.27. The van der Waals surface area contributed by atoms with Gasteiger partial charge in [0.25, 0.3) is 5.91 Å². The number of hydrogen-bond donors (Lipinski definition) is 1. The minimum absolute atomic E-state index is 0.156. The van der Waals surface area contributed by atoms with E-state index in [1.165, 1.54) is 36.9 Å². The van der Waals surface area contributed by atoms with Crippen molar-refractivity contribution in [3.8, 4) is 5.69 Å². The first-order chi connectivity index (χ1) is 16.1. The third-order valence-electron chi connectivity index (χ3n) is 4.75. The van der Waals surface area contributed by atoms with Crippen LogP contribution in [0.1, 0.15) is 21.7 Å². The fourth-order valence-corrected chi connectivity index (χ4v) is 3.88. The van der Waals surface area contributed by atoms with Gasteiger partial charge >= 0.3 is 6.18 Å². The second-order valence-corrected chi connectivity index (χ2v) is 8.27. The Morgan fingerprint density at radius 3 is 2.44 bits per heavy atom. The maximum Gasteiger partial charge on any atom is 0.418 e. The summed E-state index contributed by atoms with van der Waals surface area (Å²) in [7, 11) is 1.81. The number of carbonyl (C=O) groups is 1. The third-order valence-corrected chi connectivity index (χ3v) is 5.81. The van der Waals surface area contributed by atoms with Crippen LogP contribution in [0.5, 0.6) is 0 Å². The number of aryl methyl sites for hydroxylation is 2. The third kappa shape index (κ3) is 4.86. The van der Waals surface area contributed by atoms with Gasteiger partial charge in [-0.1, -0.05) is 12.1 Å². The number of nitrogens with zero attached hydrogens (tertiary/aromatic N) is 5. The van der Waals surface area contributed by atoms with Crippen LogP contribution < -0.4 is 10.7 Å². The highest BCUT2D eigenvalue weighted by atomic mass is 32.2. The zero-order chi connectivity index (χ0) is 24.5. The SMILES string of the molecule is Cc1cc(=O)c(C(=O)Nc2ccc(Sc3nncn3C)cc2)nn1-c1ccccc1C(F)(F)F. The van der Waals surface area contributed by atoms with Crippen molar-refractivity contribution in [1.82, 2.24) is 24.5 Å². The Morgan fingerprint density at radius 2 is 1.79 bits per heavy atom. The molecule has 0 saturated carbocycles. The summed E-state index contributed by atoms with van der Waals surface area (Å²) in [5, 5.41) is 15.0. The van der Waals surface area contributed by atoms with Gasteiger partial charge in [-0.25, -0.2) is 4.68 Å². The van der Waals surface area contributed by atoms with Crippen molar-refractivity contribution in [3.05, 3.63) is 88.1 Å². The van der Waals surface area contributed by atoms with Gasteiger partial charge in [0.05, 0.1) is 11.3 Å². The molecule has 2 aromatic carbocycles. The number of alkyl halides is 3. The number of anilines is 1. The van der Waals surface area contributed by atoms with Crippen LogP contribution in [0.2, 0.25) is 0 Å². The molecule has 0 fully saturated rings. The highest BCUT2D eigenvalue weighted by molar-refractivity contribution is 7.99. The van der Waals surface area contributed by atoms with Gasteiger partial charge in [0.2, 0.25) is 5.43 Å². The molecule has 2 aromatic heterocycles. The summed E-state index contributed by atoms with van der Waals surface area (Å²) in [6, 6.07) is 12.6.